The van der Waals surface area contributed by atoms with Crippen LogP contribution in [0.1, 0.15) is 37.2 Å². The molecule has 5 nitrogen and oxygen atoms in total. The third-order valence-electron chi connectivity index (χ3n) is 7.19. The Bertz CT molecular complexity index is 1090. The first kappa shape index (κ1) is 27.1. The zero-order valence-electron chi connectivity index (χ0n) is 21.1. The smallest absolute Gasteiger partial charge is 0.231 e. The van der Waals surface area contributed by atoms with Crippen LogP contribution in [0.2, 0.25) is 0 Å². The highest BCUT2D eigenvalue weighted by Gasteiger charge is 2.27. The molecule has 198 valence electrons. The number of hydrogen-bond donors (Lipinski definition) is 1. The maximum absolute atomic E-state index is 13.2. The predicted molar refractivity (Wildman–Crippen MR) is 148 cm³/mol. The highest BCUT2D eigenvalue weighted by molar-refractivity contribution is 5.85. The van der Waals surface area contributed by atoms with Gasteiger partial charge in [-0.3, -0.25) is 0 Å². The Labute approximate surface area is 225 Å². The summed E-state index contributed by atoms with van der Waals surface area (Å²) in [5.74, 6) is 2.79. The van der Waals surface area contributed by atoms with E-state index in [1.807, 2.05) is 30.3 Å². The molecular weight excluding hydrogens is 491 g/mol. The van der Waals surface area contributed by atoms with Crippen molar-refractivity contribution in [1.29, 1.82) is 0 Å². The second-order valence-electron chi connectivity index (χ2n) is 9.62. The van der Waals surface area contributed by atoms with Gasteiger partial charge in [0.2, 0.25) is 6.79 Å². The lowest BCUT2D eigenvalue weighted by atomic mass is 9.81. The Morgan fingerprint density at radius 3 is 2.43 bits per heavy atom. The third-order valence-corrected chi connectivity index (χ3v) is 7.19. The topological polar surface area (TPSA) is 43.0 Å². The zero-order valence-corrected chi connectivity index (χ0v) is 21.9. The predicted octanol–water partition coefficient (Wildman–Crippen LogP) is 6.43. The number of hydrogen-bond acceptors (Lipinski definition) is 5. The molecule has 7 heteroatoms. The standard InChI is InChI=1S/C19H20FNO3.C11H15N.ClH/c20-15-3-1-13(2-4-15)17-7-8-21-10-14(17)11-22-16-5-6-18-19(9-16)24-12-23-18;1-3-7-11(8-4-1)12-9-5-2-6-10-12;/h1-6,9,14,17,21H,7-8,10-12H2;1,3-4,7-8H,2,5-6,9-10H2;1H/t14-,17-;;/m0../s1. The van der Waals surface area contributed by atoms with Crippen molar-refractivity contribution in [3.63, 3.8) is 0 Å². The molecule has 37 heavy (non-hydrogen) atoms. The lowest BCUT2D eigenvalue weighted by Gasteiger charge is -2.32. The Balaban J connectivity index is 0.000000208. The molecule has 0 saturated carbocycles. The van der Waals surface area contributed by atoms with Crippen LogP contribution < -0.4 is 24.4 Å². The molecule has 2 atom stereocenters. The van der Waals surface area contributed by atoms with Crippen molar-refractivity contribution in [3.8, 4) is 17.2 Å². The molecule has 0 aliphatic carbocycles. The van der Waals surface area contributed by atoms with E-state index in [2.05, 4.69) is 40.5 Å². The van der Waals surface area contributed by atoms with E-state index in [0.29, 0.717) is 18.4 Å². The van der Waals surface area contributed by atoms with Crippen LogP contribution in [0, 0.1) is 11.7 Å². The van der Waals surface area contributed by atoms with Gasteiger partial charge in [0, 0.05) is 37.3 Å². The highest BCUT2D eigenvalue weighted by atomic mass is 35.5. The molecule has 3 aliphatic heterocycles. The van der Waals surface area contributed by atoms with Crippen LogP contribution in [0.25, 0.3) is 0 Å². The third kappa shape index (κ3) is 7.30. The van der Waals surface area contributed by atoms with E-state index in [1.165, 1.54) is 55.7 Å². The summed E-state index contributed by atoms with van der Waals surface area (Å²) in [4.78, 5) is 2.48. The SMILES string of the molecule is Cl.Fc1ccc([C@@H]2CCNC[C@H]2COc2ccc3c(c2)OCO3)cc1.c1ccc(N2CCCCC2)cc1. The minimum atomic E-state index is -0.194. The van der Waals surface area contributed by atoms with E-state index >= 15 is 0 Å². The quantitative estimate of drug-likeness (QED) is 0.415. The van der Waals surface area contributed by atoms with E-state index < -0.39 is 0 Å². The van der Waals surface area contributed by atoms with Crippen molar-refractivity contribution in [2.24, 2.45) is 5.92 Å². The minimum Gasteiger partial charge on any atom is -0.493 e. The second-order valence-corrected chi connectivity index (χ2v) is 9.62. The van der Waals surface area contributed by atoms with Crippen LogP contribution in [0.5, 0.6) is 17.2 Å². The number of nitrogens with one attached hydrogen (secondary N) is 1. The van der Waals surface area contributed by atoms with Crippen molar-refractivity contribution in [1.82, 2.24) is 5.32 Å². The maximum Gasteiger partial charge on any atom is 0.231 e. The summed E-state index contributed by atoms with van der Waals surface area (Å²) in [6, 6.07) is 23.2. The Morgan fingerprint density at radius 2 is 1.65 bits per heavy atom. The van der Waals surface area contributed by atoms with Crippen LogP contribution in [0.3, 0.4) is 0 Å². The van der Waals surface area contributed by atoms with Crippen molar-refractivity contribution < 1.29 is 18.6 Å². The van der Waals surface area contributed by atoms with Crippen LogP contribution in [0.4, 0.5) is 10.1 Å². The minimum absolute atomic E-state index is 0. The number of piperidine rings is 2. The van der Waals surface area contributed by atoms with Crippen molar-refractivity contribution in [2.75, 3.05) is 44.5 Å². The number of rotatable bonds is 5. The fourth-order valence-corrected chi connectivity index (χ4v) is 5.21. The van der Waals surface area contributed by atoms with Crippen LogP contribution in [-0.2, 0) is 0 Å². The van der Waals surface area contributed by atoms with Crippen LogP contribution in [0.15, 0.2) is 72.8 Å². The van der Waals surface area contributed by atoms with Gasteiger partial charge in [0.1, 0.15) is 11.6 Å². The van der Waals surface area contributed by atoms with Crippen LogP contribution >= 0.6 is 12.4 Å². The van der Waals surface area contributed by atoms with Crippen molar-refractivity contribution >= 4 is 18.1 Å². The summed E-state index contributed by atoms with van der Waals surface area (Å²) < 4.78 is 29.9. The van der Waals surface area contributed by atoms with Gasteiger partial charge < -0.3 is 24.4 Å². The highest BCUT2D eigenvalue weighted by Crippen LogP contribution is 2.36. The Hall–Kier alpha value is -2.96. The van der Waals surface area contributed by atoms with Gasteiger partial charge in [0.05, 0.1) is 6.61 Å². The number of benzene rings is 3. The summed E-state index contributed by atoms with van der Waals surface area (Å²) in [7, 11) is 0. The molecule has 0 radical (unpaired) electrons. The largest absolute Gasteiger partial charge is 0.493 e. The number of ether oxygens (including phenoxy) is 3. The first-order valence-corrected chi connectivity index (χ1v) is 13.0. The molecule has 3 aromatic rings. The van der Waals surface area contributed by atoms with Gasteiger partial charge in [-0.25, -0.2) is 4.39 Å². The molecule has 2 fully saturated rings. The molecule has 0 aromatic heterocycles. The molecule has 1 N–H and O–H groups in total. The Morgan fingerprint density at radius 1 is 0.892 bits per heavy atom. The average Bonchev–Trinajstić information content (AvgIpc) is 3.42. The van der Waals surface area contributed by atoms with Gasteiger partial charge in [-0.05, 0) is 80.1 Å². The number of fused-ring (bicyclic) bond motifs is 1. The molecule has 0 bridgehead atoms. The van der Waals surface area contributed by atoms with E-state index in [-0.39, 0.29) is 25.0 Å². The van der Waals surface area contributed by atoms with E-state index in [0.717, 1.165) is 36.8 Å². The summed E-state index contributed by atoms with van der Waals surface area (Å²) in [6.07, 6.45) is 5.15. The van der Waals surface area contributed by atoms with Crippen molar-refractivity contribution in [2.45, 2.75) is 31.6 Å². The monoisotopic (exact) mass is 526 g/mol. The lowest BCUT2D eigenvalue weighted by Crippen LogP contribution is -2.38. The summed E-state index contributed by atoms with van der Waals surface area (Å²) in [5.41, 5.74) is 2.56. The molecule has 6 rings (SSSR count). The summed E-state index contributed by atoms with van der Waals surface area (Å²) in [6.45, 7) is 5.22. The fourth-order valence-electron chi connectivity index (χ4n) is 5.21. The fraction of sp³-hybridized carbons (Fsp3) is 0.400. The van der Waals surface area contributed by atoms with Crippen molar-refractivity contribution in [3.05, 3.63) is 84.2 Å². The first-order valence-electron chi connectivity index (χ1n) is 13.0. The molecule has 0 spiro atoms. The number of halogens is 2. The number of anilines is 1. The number of para-hydroxylation sites is 1. The molecule has 3 aliphatic rings. The van der Waals surface area contributed by atoms with E-state index in [1.54, 1.807) is 0 Å². The summed E-state index contributed by atoms with van der Waals surface area (Å²) >= 11 is 0. The van der Waals surface area contributed by atoms with Gasteiger partial charge in [-0.2, -0.15) is 0 Å². The Kier molecular flexibility index (Phi) is 9.92. The average molecular weight is 527 g/mol. The van der Waals surface area contributed by atoms with Crippen LogP contribution in [-0.4, -0.2) is 39.6 Å². The molecular formula is C30H36ClFN2O3. The van der Waals surface area contributed by atoms with Gasteiger partial charge in [0.15, 0.2) is 11.5 Å². The molecule has 2 saturated heterocycles. The van der Waals surface area contributed by atoms with Gasteiger partial charge in [-0.15, -0.1) is 12.4 Å². The van der Waals surface area contributed by atoms with Gasteiger partial charge in [0.25, 0.3) is 0 Å². The van der Waals surface area contributed by atoms with Gasteiger partial charge >= 0.3 is 0 Å². The molecule has 0 amide bonds. The van der Waals surface area contributed by atoms with E-state index in [4.69, 9.17) is 14.2 Å². The molecule has 3 heterocycles. The molecule has 0 unspecified atom stereocenters. The lowest BCUT2D eigenvalue weighted by molar-refractivity contribution is 0.173. The van der Waals surface area contributed by atoms with E-state index in [9.17, 15) is 4.39 Å². The molecule has 3 aromatic carbocycles. The zero-order chi connectivity index (χ0) is 24.6. The van der Waals surface area contributed by atoms with Gasteiger partial charge in [-0.1, -0.05) is 30.3 Å². The maximum atomic E-state index is 13.2. The first-order chi connectivity index (χ1) is 17.8. The number of nitrogens with zero attached hydrogens (tertiary/aromatic N) is 1. The normalized spacial score (nSPS) is 20.3. The summed E-state index contributed by atoms with van der Waals surface area (Å²) in [5, 5.41) is 3.43. The second kappa shape index (κ2) is 13.5.